The van der Waals surface area contributed by atoms with E-state index in [2.05, 4.69) is 19.1 Å². The van der Waals surface area contributed by atoms with Crippen LogP contribution in [-0.4, -0.2) is 16.8 Å². The minimum Gasteiger partial charge on any atom is -0.478 e. The lowest BCUT2D eigenvalue weighted by Gasteiger charge is -2.08. The van der Waals surface area contributed by atoms with E-state index in [0.29, 0.717) is 5.56 Å². The van der Waals surface area contributed by atoms with Crippen LogP contribution in [0.5, 0.6) is 0 Å². The van der Waals surface area contributed by atoms with Crippen molar-refractivity contribution in [1.82, 2.24) is 0 Å². The van der Waals surface area contributed by atoms with Crippen LogP contribution >= 0.6 is 11.8 Å². The molecule has 0 radical (unpaired) electrons. The van der Waals surface area contributed by atoms with Gasteiger partial charge in [-0.2, -0.15) is 0 Å². The van der Waals surface area contributed by atoms with Crippen LogP contribution in [0.1, 0.15) is 17.3 Å². The number of rotatable bonds is 4. The Hall–Kier alpha value is -1.74. The normalized spacial score (nSPS) is 10.3. The maximum atomic E-state index is 10.8. The van der Waals surface area contributed by atoms with Gasteiger partial charge in [-0.25, -0.2) is 4.79 Å². The summed E-state index contributed by atoms with van der Waals surface area (Å²) >= 11 is 1.79. The Labute approximate surface area is 111 Å². The zero-order chi connectivity index (χ0) is 13.0. The number of hydrogen-bond acceptors (Lipinski definition) is 2. The Kier molecular flexibility index (Phi) is 4.05. The first-order valence-electron chi connectivity index (χ1n) is 5.78. The molecule has 0 atom stereocenters. The molecular formula is C15H14O2S. The van der Waals surface area contributed by atoms with Gasteiger partial charge in [0.25, 0.3) is 0 Å². The maximum absolute atomic E-state index is 10.8. The quantitative estimate of drug-likeness (QED) is 0.836. The Morgan fingerprint density at radius 2 is 1.78 bits per heavy atom. The zero-order valence-corrected chi connectivity index (χ0v) is 10.9. The summed E-state index contributed by atoms with van der Waals surface area (Å²) in [6.45, 7) is 2.12. The van der Waals surface area contributed by atoms with Crippen LogP contribution in [0.2, 0.25) is 0 Å². The molecule has 18 heavy (non-hydrogen) atoms. The lowest BCUT2D eigenvalue weighted by molar-refractivity contribution is 0.0697. The van der Waals surface area contributed by atoms with E-state index >= 15 is 0 Å². The summed E-state index contributed by atoms with van der Waals surface area (Å²) < 4.78 is 0. The highest BCUT2D eigenvalue weighted by molar-refractivity contribution is 7.99. The molecule has 0 saturated carbocycles. The topological polar surface area (TPSA) is 37.3 Å². The summed E-state index contributed by atoms with van der Waals surface area (Å²) in [5, 5.41) is 8.88. The molecule has 1 N–H and O–H groups in total. The van der Waals surface area contributed by atoms with Crippen molar-refractivity contribution in [1.29, 1.82) is 0 Å². The third kappa shape index (κ3) is 2.74. The first-order valence-corrected chi connectivity index (χ1v) is 6.76. The standard InChI is InChI=1S/C15H14O2S/c1-2-18-14-6-4-3-5-13(14)11-7-9-12(10-8-11)15(16)17/h3-10H,2H2,1H3,(H,16,17). The first-order chi connectivity index (χ1) is 8.72. The van der Waals surface area contributed by atoms with E-state index in [1.807, 2.05) is 24.3 Å². The number of hydrogen-bond donors (Lipinski definition) is 1. The fraction of sp³-hybridized carbons (Fsp3) is 0.133. The average molecular weight is 258 g/mol. The van der Waals surface area contributed by atoms with Gasteiger partial charge in [0.05, 0.1) is 5.56 Å². The van der Waals surface area contributed by atoms with Gasteiger partial charge in [-0.15, -0.1) is 11.8 Å². The predicted molar refractivity (Wildman–Crippen MR) is 75.2 cm³/mol. The van der Waals surface area contributed by atoms with E-state index in [0.717, 1.165) is 16.9 Å². The van der Waals surface area contributed by atoms with Crippen LogP contribution < -0.4 is 0 Å². The predicted octanol–water partition coefficient (Wildman–Crippen LogP) is 4.16. The van der Waals surface area contributed by atoms with Gasteiger partial charge in [0.2, 0.25) is 0 Å². The third-order valence-corrected chi connectivity index (χ3v) is 3.59. The van der Waals surface area contributed by atoms with Crippen LogP contribution in [0.25, 0.3) is 11.1 Å². The summed E-state index contributed by atoms with van der Waals surface area (Å²) in [7, 11) is 0. The van der Waals surface area contributed by atoms with Crippen molar-refractivity contribution in [2.24, 2.45) is 0 Å². The van der Waals surface area contributed by atoms with Crippen molar-refractivity contribution >= 4 is 17.7 Å². The molecule has 2 rings (SSSR count). The van der Waals surface area contributed by atoms with Crippen molar-refractivity contribution in [3.8, 4) is 11.1 Å². The molecule has 0 unspecified atom stereocenters. The van der Waals surface area contributed by atoms with E-state index in [1.165, 1.54) is 4.90 Å². The first kappa shape index (κ1) is 12.7. The van der Waals surface area contributed by atoms with Gasteiger partial charge >= 0.3 is 5.97 Å². The van der Waals surface area contributed by atoms with Crippen LogP contribution in [0, 0.1) is 0 Å². The van der Waals surface area contributed by atoms with Crippen LogP contribution in [0.15, 0.2) is 53.4 Å². The zero-order valence-electron chi connectivity index (χ0n) is 10.1. The smallest absolute Gasteiger partial charge is 0.335 e. The van der Waals surface area contributed by atoms with Crippen LogP contribution in [-0.2, 0) is 0 Å². The van der Waals surface area contributed by atoms with Gasteiger partial charge in [-0.1, -0.05) is 37.3 Å². The van der Waals surface area contributed by atoms with Gasteiger partial charge in [0.1, 0.15) is 0 Å². The molecule has 0 fully saturated rings. The molecule has 0 aliphatic heterocycles. The fourth-order valence-electron chi connectivity index (χ4n) is 1.78. The molecule has 0 aromatic heterocycles. The maximum Gasteiger partial charge on any atom is 0.335 e. The van der Waals surface area contributed by atoms with Crippen molar-refractivity contribution < 1.29 is 9.90 Å². The van der Waals surface area contributed by atoms with Crippen molar-refractivity contribution in [2.75, 3.05) is 5.75 Å². The summed E-state index contributed by atoms with van der Waals surface area (Å²) in [5.74, 6) is 0.127. The summed E-state index contributed by atoms with van der Waals surface area (Å²) in [6, 6.07) is 15.2. The van der Waals surface area contributed by atoms with Gasteiger partial charge in [0.15, 0.2) is 0 Å². The fourth-order valence-corrected chi connectivity index (χ4v) is 2.61. The van der Waals surface area contributed by atoms with Crippen LogP contribution in [0.3, 0.4) is 0 Å². The van der Waals surface area contributed by atoms with E-state index < -0.39 is 5.97 Å². The monoisotopic (exact) mass is 258 g/mol. The van der Waals surface area contributed by atoms with Crippen LogP contribution in [0.4, 0.5) is 0 Å². The highest BCUT2D eigenvalue weighted by Crippen LogP contribution is 2.31. The minimum absolute atomic E-state index is 0.319. The molecule has 3 heteroatoms. The van der Waals surface area contributed by atoms with E-state index in [9.17, 15) is 4.79 Å². The van der Waals surface area contributed by atoms with Crippen molar-refractivity contribution in [2.45, 2.75) is 11.8 Å². The molecule has 92 valence electrons. The molecular weight excluding hydrogens is 244 g/mol. The molecule has 2 nitrogen and oxygen atoms in total. The van der Waals surface area contributed by atoms with E-state index in [4.69, 9.17) is 5.11 Å². The number of carboxylic acids is 1. The largest absolute Gasteiger partial charge is 0.478 e. The molecule has 2 aromatic carbocycles. The molecule has 0 bridgehead atoms. The van der Waals surface area contributed by atoms with Crippen molar-refractivity contribution in [3.05, 3.63) is 54.1 Å². The van der Waals surface area contributed by atoms with Gasteiger partial charge in [-0.3, -0.25) is 0 Å². The number of carbonyl (C=O) groups is 1. The second-order valence-corrected chi connectivity index (χ2v) is 5.12. The SMILES string of the molecule is CCSc1ccccc1-c1ccc(C(=O)O)cc1. The Morgan fingerprint density at radius 3 is 2.39 bits per heavy atom. The number of thioether (sulfide) groups is 1. The third-order valence-electron chi connectivity index (χ3n) is 2.63. The molecule has 0 heterocycles. The highest BCUT2D eigenvalue weighted by atomic mass is 32.2. The lowest BCUT2D eigenvalue weighted by atomic mass is 10.0. The summed E-state index contributed by atoms with van der Waals surface area (Å²) in [4.78, 5) is 12.0. The minimum atomic E-state index is -0.891. The van der Waals surface area contributed by atoms with E-state index in [1.54, 1.807) is 23.9 Å². The molecule has 0 aliphatic carbocycles. The molecule has 2 aromatic rings. The average Bonchev–Trinajstić information content (AvgIpc) is 2.40. The Morgan fingerprint density at radius 1 is 1.11 bits per heavy atom. The Bertz CT molecular complexity index is 547. The van der Waals surface area contributed by atoms with Crippen molar-refractivity contribution in [3.63, 3.8) is 0 Å². The number of benzene rings is 2. The second kappa shape index (κ2) is 5.74. The second-order valence-electron chi connectivity index (χ2n) is 3.81. The van der Waals surface area contributed by atoms with E-state index in [-0.39, 0.29) is 0 Å². The highest BCUT2D eigenvalue weighted by Gasteiger charge is 2.06. The van der Waals surface area contributed by atoms with Gasteiger partial charge in [-0.05, 0) is 35.1 Å². The summed E-state index contributed by atoms with van der Waals surface area (Å²) in [6.07, 6.45) is 0. The molecule has 0 amide bonds. The lowest BCUT2D eigenvalue weighted by Crippen LogP contribution is -1.95. The molecule has 0 saturated heterocycles. The van der Waals surface area contributed by atoms with Gasteiger partial charge < -0.3 is 5.11 Å². The summed E-state index contributed by atoms with van der Waals surface area (Å²) in [5.41, 5.74) is 2.53. The molecule has 0 aliphatic rings. The number of aromatic carboxylic acids is 1. The Balaban J connectivity index is 2.39. The molecule has 0 spiro atoms. The number of carboxylic acid groups (broad SMARTS) is 1. The van der Waals surface area contributed by atoms with Gasteiger partial charge in [0, 0.05) is 4.90 Å².